The second-order valence-electron chi connectivity index (χ2n) is 5.73. The summed E-state index contributed by atoms with van der Waals surface area (Å²) in [4.78, 5) is 16.2. The molecule has 0 bridgehead atoms. The summed E-state index contributed by atoms with van der Waals surface area (Å²) in [7, 11) is 4.00. The molecular formula is C13H27N3O. The molecule has 100 valence electrons. The Morgan fingerprint density at radius 3 is 2.65 bits per heavy atom. The highest BCUT2D eigenvalue weighted by molar-refractivity contribution is 5.81. The maximum Gasteiger partial charge on any atom is 0.239 e. The third kappa shape index (κ3) is 4.28. The highest BCUT2D eigenvalue weighted by atomic mass is 16.2. The van der Waals surface area contributed by atoms with Crippen LogP contribution >= 0.6 is 0 Å². The molecule has 0 radical (unpaired) electrons. The first-order valence-corrected chi connectivity index (χ1v) is 6.62. The van der Waals surface area contributed by atoms with Crippen LogP contribution in [-0.4, -0.2) is 55.0 Å². The van der Waals surface area contributed by atoms with Gasteiger partial charge in [-0.05, 0) is 38.8 Å². The number of likely N-dealkylation sites (tertiary alicyclic amines) is 1. The number of nitrogens with zero attached hydrogens (tertiary/aromatic N) is 2. The van der Waals surface area contributed by atoms with Gasteiger partial charge in [-0.3, -0.25) is 4.79 Å². The lowest BCUT2D eigenvalue weighted by Crippen LogP contribution is -2.46. The Hall–Kier alpha value is -0.610. The molecule has 2 N–H and O–H groups in total. The van der Waals surface area contributed by atoms with Crippen molar-refractivity contribution < 1.29 is 4.79 Å². The number of hydrogen-bond donors (Lipinski definition) is 1. The van der Waals surface area contributed by atoms with Crippen LogP contribution in [0.2, 0.25) is 0 Å². The number of rotatable bonds is 5. The van der Waals surface area contributed by atoms with Crippen LogP contribution in [-0.2, 0) is 4.79 Å². The van der Waals surface area contributed by atoms with Crippen molar-refractivity contribution in [3.63, 3.8) is 0 Å². The second-order valence-corrected chi connectivity index (χ2v) is 5.73. The van der Waals surface area contributed by atoms with E-state index in [4.69, 9.17) is 5.73 Å². The summed E-state index contributed by atoms with van der Waals surface area (Å²) in [6, 6.07) is 0.168. The van der Waals surface area contributed by atoms with Crippen LogP contribution in [0, 0.1) is 5.92 Å². The van der Waals surface area contributed by atoms with Crippen LogP contribution in [0.3, 0.4) is 0 Å². The molecule has 0 saturated carbocycles. The van der Waals surface area contributed by atoms with Gasteiger partial charge in [0.1, 0.15) is 0 Å². The Kier molecular flexibility index (Phi) is 5.40. The lowest BCUT2D eigenvalue weighted by atomic mass is 10.0. The third-order valence-electron chi connectivity index (χ3n) is 3.57. The van der Waals surface area contributed by atoms with Crippen LogP contribution in [0.5, 0.6) is 0 Å². The molecule has 0 aromatic carbocycles. The first-order chi connectivity index (χ1) is 7.91. The van der Waals surface area contributed by atoms with Crippen molar-refractivity contribution in [1.82, 2.24) is 9.80 Å². The summed E-state index contributed by atoms with van der Waals surface area (Å²) < 4.78 is 0. The monoisotopic (exact) mass is 241 g/mol. The fraction of sp³-hybridized carbons (Fsp3) is 0.923. The minimum atomic E-state index is -0.341. The molecule has 1 aliphatic rings. The highest BCUT2D eigenvalue weighted by Gasteiger charge is 2.26. The van der Waals surface area contributed by atoms with E-state index in [1.165, 1.54) is 12.8 Å². The standard InChI is InChI=1S/C13H27N3O/c1-10(2)8-12(14)13(17)16(4)9-11-6-5-7-15(11)3/h10-12H,5-9,14H2,1-4H3/t11?,12-/m0/s1. The van der Waals surface area contributed by atoms with Gasteiger partial charge in [-0.2, -0.15) is 0 Å². The number of likely N-dealkylation sites (N-methyl/N-ethyl adjacent to an activating group) is 2. The molecule has 1 rings (SSSR count). The van der Waals surface area contributed by atoms with Gasteiger partial charge >= 0.3 is 0 Å². The van der Waals surface area contributed by atoms with E-state index in [0.717, 1.165) is 19.5 Å². The molecule has 2 atom stereocenters. The van der Waals surface area contributed by atoms with E-state index < -0.39 is 0 Å². The van der Waals surface area contributed by atoms with Crippen LogP contribution in [0.4, 0.5) is 0 Å². The van der Waals surface area contributed by atoms with Gasteiger partial charge in [0.05, 0.1) is 6.04 Å². The predicted octanol–water partition coefficient (Wildman–Crippen LogP) is 0.912. The molecule has 1 saturated heterocycles. The Labute approximate surface area is 105 Å². The summed E-state index contributed by atoms with van der Waals surface area (Å²) >= 11 is 0. The minimum absolute atomic E-state index is 0.0824. The fourth-order valence-electron chi connectivity index (χ4n) is 2.51. The molecule has 0 aromatic heterocycles. The quantitative estimate of drug-likeness (QED) is 0.778. The first-order valence-electron chi connectivity index (χ1n) is 6.62. The molecule has 1 heterocycles. The Morgan fingerprint density at radius 2 is 2.18 bits per heavy atom. The van der Waals surface area contributed by atoms with Gasteiger partial charge < -0.3 is 15.5 Å². The molecule has 0 spiro atoms. The maximum atomic E-state index is 12.1. The SMILES string of the molecule is CC(C)C[C@H](N)C(=O)N(C)CC1CCCN1C. The van der Waals surface area contributed by atoms with Gasteiger partial charge in [-0.15, -0.1) is 0 Å². The Bertz CT molecular complexity index is 255. The zero-order valence-electron chi connectivity index (χ0n) is 11.6. The van der Waals surface area contributed by atoms with Crippen LogP contribution in [0.25, 0.3) is 0 Å². The molecular weight excluding hydrogens is 214 g/mol. The van der Waals surface area contributed by atoms with Crippen molar-refractivity contribution in [3.05, 3.63) is 0 Å². The zero-order chi connectivity index (χ0) is 13.0. The van der Waals surface area contributed by atoms with Gasteiger partial charge in [-0.25, -0.2) is 0 Å². The van der Waals surface area contributed by atoms with E-state index in [1.807, 2.05) is 7.05 Å². The van der Waals surface area contributed by atoms with Gasteiger partial charge in [0.25, 0.3) is 0 Å². The first kappa shape index (κ1) is 14.5. The fourth-order valence-corrected chi connectivity index (χ4v) is 2.51. The third-order valence-corrected chi connectivity index (χ3v) is 3.57. The van der Waals surface area contributed by atoms with Crippen molar-refractivity contribution in [2.45, 2.75) is 45.2 Å². The highest BCUT2D eigenvalue weighted by Crippen LogP contribution is 2.16. The van der Waals surface area contributed by atoms with Crippen molar-refractivity contribution in [2.75, 3.05) is 27.2 Å². The molecule has 17 heavy (non-hydrogen) atoms. The molecule has 0 aliphatic carbocycles. The average molecular weight is 241 g/mol. The molecule has 1 fully saturated rings. The van der Waals surface area contributed by atoms with Crippen molar-refractivity contribution in [2.24, 2.45) is 11.7 Å². The summed E-state index contributed by atoms with van der Waals surface area (Å²) in [6.45, 7) is 6.14. The van der Waals surface area contributed by atoms with Crippen molar-refractivity contribution in [3.8, 4) is 0 Å². The topological polar surface area (TPSA) is 49.6 Å². The van der Waals surface area contributed by atoms with E-state index in [2.05, 4.69) is 25.8 Å². The molecule has 4 heteroatoms. The summed E-state index contributed by atoms with van der Waals surface area (Å²) in [5.41, 5.74) is 5.92. The smallest absolute Gasteiger partial charge is 0.239 e. The number of hydrogen-bond acceptors (Lipinski definition) is 3. The van der Waals surface area contributed by atoms with Crippen molar-refractivity contribution in [1.29, 1.82) is 0 Å². The Morgan fingerprint density at radius 1 is 1.53 bits per heavy atom. The lowest BCUT2D eigenvalue weighted by Gasteiger charge is -2.28. The number of amides is 1. The zero-order valence-corrected chi connectivity index (χ0v) is 11.6. The minimum Gasteiger partial charge on any atom is -0.343 e. The molecule has 0 aromatic rings. The van der Waals surface area contributed by atoms with Gasteiger partial charge in [-0.1, -0.05) is 13.8 Å². The van der Waals surface area contributed by atoms with E-state index in [9.17, 15) is 4.79 Å². The summed E-state index contributed by atoms with van der Waals surface area (Å²) in [5, 5.41) is 0. The summed E-state index contributed by atoms with van der Waals surface area (Å²) in [6.07, 6.45) is 3.19. The number of carbonyl (C=O) groups is 1. The van der Waals surface area contributed by atoms with Crippen LogP contribution < -0.4 is 5.73 Å². The van der Waals surface area contributed by atoms with Gasteiger partial charge in [0, 0.05) is 19.6 Å². The maximum absolute atomic E-state index is 12.1. The summed E-state index contributed by atoms with van der Waals surface area (Å²) in [5.74, 6) is 0.551. The number of nitrogens with two attached hydrogens (primary N) is 1. The van der Waals surface area contributed by atoms with E-state index >= 15 is 0 Å². The lowest BCUT2D eigenvalue weighted by molar-refractivity contribution is -0.132. The normalized spacial score (nSPS) is 23.1. The van der Waals surface area contributed by atoms with E-state index in [0.29, 0.717) is 12.0 Å². The molecule has 4 nitrogen and oxygen atoms in total. The predicted molar refractivity (Wildman–Crippen MR) is 70.7 cm³/mol. The van der Waals surface area contributed by atoms with Crippen LogP contribution in [0.15, 0.2) is 0 Å². The van der Waals surface area contributed by atoms with Gasteiger partial charge in [0.15, 0.2) is 0 Å². The van der Waals surface area contributed by atoms with E-state index in [-0.39, 0.29) is 11.9 Å². The largest absolute Gasteiger partial charge is 0.343 e. The van der Waals surface area contributed by atoms with Crippen molar-refractivity contribution >= 4 is 5.91 Å². The molecule has 1 aliphatic heterocycles. The Balaban J connectivity index is 2.40. The van der Waals surface area contributed by atoms with Crippen LogP contribution in [0.1, 0.15) is 33.1 Å². The number of carbonyl (C=O) groups excluding carboxylic acids is 1. The molecule has 1 unspecified atom stereocenters. The average Bonchev–Trinajstić information content (AvgIpc) is 2.62. The molecule has 1 amide bonds. The van der Waals surface area contributed by atoms with Gasteiger partial charge in [0.2, 0.25) is 5.91 Å². The van der Waals surface area contributed by atoms with E-state index in [1.54, 1.807) is 4.90 Å². The second kappa shape index (κ2) is 6.36.